The van der Waals surface area contributed by atoms with Crippen LogP contribution in [0, 0.1) is 5.92 Å². The van der Waals surface area contributed by atoms with E-state index in [9.17, 15) is 4.79 Å². The smallest absolute Gasteiger partial charge is 0.312 e. The van der Waals surface area contributed by atoms with Gasteiger partial charge in [0.15, 0.2) is 0 Å². The van der Waals surface area contributed by atoms with Crippen LogP contribution in [-0.2, 0) is 14.3 Å². The highest BCUT2D eigenvalue weighted by molar-refractivity contribution is 14.1. The molecule has 0 amide bonds. The molecule has 0 aromatic rings. The van der Waals surface area contributed by atoms with E-state index in [0.29, 0.717) is 3.92 Å². The number of carbonyl (C=O) groups excluding carboxylic acids is 1. The van der Waals surface area contributed by atoms with Crippen LogP contribution >= 0.6 is 22.6 Å². The molecular formula is C7H7IO3. The van der Waals surface area contributed by atoms with E-state index in [-0.39, 0.29) is 30.2 Å². The predicted octanol–water partition coefficient (Wildman–Crippen LogP) is 0.503. The second-order valence-electron chi connectivity index (χ2n) is 3.33. The zero-order chi connectivity index (χ0) is 7.59. The maximum Gasteiger partial charge on any atom is 0.312 e. The van der Waals surface area contributed by atoms with E-state index in [2.05, 4.69) is 22.6 Å². The molecule has 3 aliphatic heterocycles. The molecule has 0 saturated carbocycles. The minimum Gasteiger partial charge on any atom is -0.458 e. The van der Waals surface area contributed by atoms with Crippen molar-refractivity contribution in [3.8, 4) is 0 Å². The van der Waals surface area contributed by atoms with Crippen LogP contribution in [0.3, 0.4) is 0 Å². The number of alkyl halides is 1. The van der Waals surface area contributed by atoms with E-state index < -0.39 is 0 Å². The highest BCUT2D eigenvalue weighted by atomic mass is 127. The van der Waals surface area contributed by atoms with Gasteiger partial charge in [0.25, 0.3) is 0 Å². The van der Waals surface area contributed by atoms with Crippen molar-refractivity contribution in [2.24, 2.45) is 5.92 Å². The second-order valence-corrected chi connectivity index (χ2v) is 4.77. The second kappa shape index (κ2) is 1.90. The van der Waals surface area contributed by atoms with E-state index >= 15 is 0 Å². The van der Waals surface area contributed by atoms with Gasteiger partial charge in [0.1, 0.15) is 12.2 Å². The van der Waals surface area contributed by atoms with Crippen molar-refractivity contribution in [2.75, 3.05) is 0 Å². The first-order chi connectivity index (χ1) is 5.27. The summed E-state index contributed by atoms with van der Waals surface area (Å²) in [6, 6.07) is 0. The molecule has 3 rings (SSSR count). The molecule has 3 heterocycles. The Morgan fingerprint density at radius 2 is 2.27 bits per heavy atom. The summed E-state index contributed by atoms with van der Waals surface area (Å²) in [5.74, 6) is 0.0256. The van der Waals surface area contributed by atoms with Crippen LogP contribution < -0.4 is 0 Å². The molecule has 0 radical (unpaired) electrons. The van der Waals surface area contributed by atoms with Crippen molar-refractivity contribution in [2.45, 2.75) is 28.7 Å². The lowest BCUT2D eigenvalue weighted by molar-refractivity contribution is -0.143. The number of hydrogen-bond acceptors (Lipinski definition) is 3. The first-order valence-electron chi connectivity index (χ1n) is 3.77. The Bertz CT molecular complexity index is 230. The molecule has 3 saturated heterocycles. The minimum atomic E-state index is -0.0401. The van der Waals surface area contributed by atoms with Crippen molar-refractivity contribution in [3.05, 3.63) is 0 Å². The van der Waals surface area contributed by atoms with E-state index in [1.54, 1.807) is 0 Å². The average molecular weight is 266 g/mol. The van der Waals surface area contributed by atoms with Crippen molar-refractivity contribution >= 4 is 28.6 Å². The van der Waals surface area contributed by atoms with Crippen molar-refractivity contribution in [3.63, 3.8) is 0 Å². The molecule has 60 valence electrons. The fraction of sp³-hybridized carbons (Fsp3) is 0.857. The summed E-state index contributed by atoms with van der Waals surface area (Å²) < 4.78 is 11.2. The number of carbonyl (C=O) groups is 1. The quantitative estimate of drug-likeness (QED) is 0.364. The zero-order valence-corrected chi connectivity index (χ0v) is 7.85. The number of hydrogen-bond donors (Lipinski definition) is 0. The van der Waals surface area contributed by atoms with Crippen LogP contribution in [-0.4, -0.2) is 28.2 Å². The molecule has 0 aromatic heterocycles. The Balaban J connectivity index is 2.04. The summed E-state index contributed by atoms with van der Waals surface area (Å²) in [6.45, 7) is 0. The third-order valence-electron chi connectivity index (χ3n) is 2.76. The standard InChI is InChI=1S/C7H7IO3/c8-4-3-1-2-5(10-3)6(4)11-7(2)9/h2-6H,1H2/t2-,3+,4+,5-,6+/m0/s1. The first-order valence-corrected chi connectivity index (χ1v) is 5.02. The predicted molar refractivity (Wildman–Crippen MR) is 44.5 cm³/mol. The Morgan fingerprint density at radius 3 is 2.91 bits per heavy atom. The fourth-order valence-electron chi connectivity index (χ4n) is 2.22. The Morgan fingerprint density at radius 1 is 1.45 bits per heavy atom. The van der Waals surface area contributed by atoms with E-state index in [0.717, 1.165) is 6.42 Å². The Labute approximate surface area is 77.6 Å². The van der Waals surface area contributed by atoms with Gasteiger partial charge >= 0.3 is 5.97 Å². The topological polar surface area (TPSA) is 35.5 Å². The SMILES string of the molecule is O=C1O[C@@H]2[C@H](I)[C@H]3C[C@H]1[C@@H]2O3. The summed E-state index contributed by atoms with van der Waals surface area (Å²) in [6.07, 6.45) is 1.32. The van der Waals surface area contributed by atoms with E-state index in [1.807, 2.05) is 0 Å². The number of halogens is 1. The normalized spacial score (nSPS) is 58.6. The number of esters is 1. The lowest BCUT2D eigenvalue weighted by Gasteiger charge is -2.14. The van der Waals surface area contributed by atoms with Gasteiger partial charge in [-0.25, -0.2) is 0 Å². The first kappa shape index (κ1) is 6.65. The number of ether oxygens (including phenoxy) is 2. The molecular weight excluding hydrogens is 259 g/mol. The molecule has 4 heteroatoms. The van der Waals surface area contributed by atoms with E-state index in [4.69, 9.17) is 9.47 Å². The molecule has 3 nitrogen and oxygen atoms in total. The number of rotatable bonds is 0. The Hall–Kier alpha value is 0.160. The van der Waals surface area contributed by atoms with Crippen molar-refractivity contribution in [1.29, 1.82) is 0 Å². The molecule has 0 unspecified atom stereocenters. The molecule has 0 aromatic carbocycles. The van der Waals surface area contributed by atoms with Gasteiger partial charge in [-0.2, -0.15) is 0 Å². The van der Waals surface area contributed by atoms with Gasteiger partial charge in [-0.3, -0.25) is 4.79 Å². The van der Waals surface area contributed by atoms with Crippen LogP contribution in [0.4, 0.5) is 0 Å². The molecule has 11 heavy (non-hydrogen) atoms. The van der Waals surface area contributed by atoms with Gasteiger partial charge in [0.2, 0.25) is 0 Å². The van der Waals surface area contributed by atoms with E-state index in [1.165, 1.54) is 0 Å². The molecule has 0 spiro atoms. The van der Waals surface area contributed by atoms with Crippen molar-refractivity contribution in [1.82, 2.24) is 0 Å². The monoisotopic (exact) mass is 266 g/mol. The van der Waals surface area contributed by atoms with Crippen LogP contribution in [0.25, 0.3) is 0 Å². The van der Waals surface area contributed by atoms with Crippen LogP contribution in [0.15, 0.2) is 0 Å². The molecule has 5 atom stereocenters. The largest absolute Gasteiger partial charge is 0.458 e. The molecule has 3 aliphatic rings. The van der Waals surface area contributed by atoms with Gasteiger partial charge in [-0.05, 0) is 6.42 Å². The average Bonchev–Trinajstić information content (AvgIpc) is 2.53. The maximum atomic E-state index is 11.1. The van der Waals surface area contributed by atoms with Crippen LogP contribution in [0.5, 0.6) is 0 Å². The molecule has 2 bridgehead atoms. The number of fused-ring (bicyclic) bond motifs is 1. The molecule has 0 N–H and O–H groups in total. The molecule has 0 aliphatic carbocycles. The lowest BCUT2D eigenvalue weighted by Crippen LogP contribution is -2.31. The third-order valence-corrected chi connectivity index (χ3v) is 4.27. The van der Waals surface area contributed by atoms with Crippen molar-refractivity contribution < 1.29 is 14.3 Å². The summed E-state index contributed by atoms with van der Waals surface area (Å²) in [5, 5.41) is 0. The highest BCUT2D eigenvalue weighted by Gasteiger charge is 2.62. The third kappa shape index (κ3) is 0.654. The lowest BCUT2D eigenvalue weighted by atomic mass is 9.90. The van der Waals surface area contributed by atoms with Gasteiger partial charge in [-0.15, -0.1) is 0 Å². The van der Waals surface area contributed by atoms with Gasteiger partial charge in [-0.1, -0.05) is 22.6 Å². The minimum absolute atomic E-state index is 0.0401. The van der Waals surface area contributed by atoms with Gasteiger partial charge in [0.05, 0.1) is 15.9 Å². The maximum absolute atomic E-state index is 11.1. The van der Waals surface area contributed by atoms with Crippen LogP contribution in [0.2, 0.25) is 0 Å². The van der Waals surface area contributed by atoms with Gasteiger partial charge < -0.3 is 9.47 Å². The summed E-state index contributed by atoms with van der Waals surface area (Å²) in [5.41, 5.74) is 0. The van der Waals surface area contributed by atoms with Crippen LogP contribution in [0.1, 0.15) is 6.42 Å². The van der Waals surface area contributed by atoms with Gasteiger partial charge in [0, 0.05) is 0 Å². The highest BCUT2D eigenvalue weighted by Crippen LogP contribution is 2.48. The molecule has 3 fully saturated rings. The zero-order valence-electron chi connectivity index (χ0n) is 5.70. The summed E-state index contributed by atoms with van der Waals surface area (Å²) >= 11 is 2.32. The summed E-state index contributed by atoms with van der Waals surface area (Å²) in [4.78, 5) is 11.1. The summed E-state index contributed by atoms with van der Waals surface area (Å²) in [7, 11) is 0. The Kier molecular flexibility index (Phi) is 1.15. The fourth-order valence-corrected chi connectivity index (χ4v) is 3.24.